The zero-order valence-corrected chi connectivity index (χ0v) is 9.33. The number of likely N-dealkylation sites (N-methyl/N-ethyl adjacent to an activating group) is 1. The molecule has 76 valence electrons. The lowest BCUT2D eigenvalue weighted by Gasteiger charge is -2.22. The van der Waals surface area contributed by atoms with E-state index in [9.17, 15) is 0 Å². The van der Waals surface area contributed by atoms with E-state index < -0.39 is 0 Å². The summed E-state index contributed by atoms with van der Waals surface area (Å²) in [5, 5.41) is 0. The molecule has 0 aromatic heterocycles. The van der Waals surface area contributed by atoms with Gasteiger partial charge in [0, 0.05) is 19.3 Å². The van der Waals surface area contributed by atoms with Crippen molar-refractivity contribution < 1.29 is 0 Å². The largest absolute Gasteiger partial charge is 0.371 e. The van der Waals surface area contributed by atoms with Gasteiger partial charge in [-0.25, -0.2) is 0 Å². The smallest absolute Gasteiger partial charge is 0.0401 e. The van der Waals surface area contributed by atoms with E-state index >= 15 is 0 Å². The fourth-order valence-corrected chi connectivity index (χ4v) is 1.62. The standard InChI is InChI=1S/C13H19N/c1-5-10-14(4)13-9-7-6-8-12(13)11(2)3/h5-9,11H,1,10H2,2-4H3. The van der Waals surface area contributed by atoms with Crippen molar-refractivity contribution in [3.05, 3.63) is 42.5 Å². The summed E-state index contributed by atoms with van der Waals surface area (Å²) in [4.78, 5) is 2.22. The second-order valence-corrected chi connectivity index (χ2v) is 3.88. The molecule has 0 bridgehead atoms. The summed E-state index contributed by atoms with van der Waals surface area (Å²) >= 11 is 0. The van der Waals surface area contributed by atoms with Crippen LogP contribution in [0.4, 0.5) is 5.69 Å². The van der Waals surface area contributed by atoms with Crippen LogP contribution in [0.1, 0.15) is 25.3 Å². The van der Waals surface area contributed by atoms with Crippen molar-refractivity contribution >= 4 is 5.69 Å². The second kappa shape index (κ2) is 4.85. The highest BCUT2D eigenvalue weighted by Gasteiger charge is 2.07. The van der Waals surface area contributed by atoms with E-state index in [1.807, 2.05) is 6.08 Å². The molecule has 1 nitrogen and oxygen atoms in total. The van der Waals surface area contributed by atoms with E-state index in [-0.39, 0.29) is 0 Å². The zero-order valence-electron chi connectivity index (χ0n) is 9.33. The highest BCUT2D eigenvalue weighted by Crippen LogP contribution is 2.26. The summed E-state index contributed by atoms with van der Waals surface area (Å²) in [5.74, 6) is 0.568. The molecule has 0 N–H and O–H groups in total. The maximum Gasteiger partial charge on any atom is 0.0401 e. The minimum absolute atomic E-state index is 0.568. The Kier molecular flexibility index (Phi) is 3.75. The molecule has 0 saturated heterocycles. The molecule has 14 heavy (non-hydrogen) atoms. The average Bonchev–Trinajstić information content (AvgIpc) is 2.18. The van der Waals surface area contributed by atoms with Crippen LogP contribution in [0.15, 0.2) is 36.9 Å². The predicted octanol–water partition coefficient (Wildman–Crippen LogP) is 3.43. The number of benzene rings is 1. The van der Waals surface area contributed by atoms with Gasteiger partial charge >= 0.3 is 0 Å². The lowest BCUT2D eigenvalue weighted by molar-refractivity contribution is 0.853. The third kappa shape index (κ3) is 2.38. The Morgan fingerprint density at radius 2 is 2.00 bits per heavy atom. The van der Waals surface area contributed by atoms with Gasteiger partial charge in [-0.2, -0.15) is 0 Å². The van der Waals surface area contributed by atoms with Crippen LogP contribution in [0.25, 0.3) is 0 Å². The summed E-state index contributed by atoms with van der Waals surface area (Å²) in [6, 6.07) is 8.54. The fourth-order valence-electron chi connectivity index (χ4n) is 1.62. The lowest BCUT2D eigenvalue weighted by atomic mass is 10.0. The zero-order chi connectivity index (χ0) is 10.6. The molecule has 1 rings (SSSR count). The van der Waals surface area contributed by atoms with Gasteiger partial charge in [-0.05, 0) is 17.5 Å². The second-order valence-electron chi connectivity index (χ2n) is 3.88. The number of anilines is 1. The van der Waals surface area contributed by atoms with Crippen LogP contribution < -0.4 is 4.90 Å². The van der Waals surface area contributed by atoms with Gasteiger partial charge in [0.2, 0.25) is 0 Å². The van der Waals surface area contributed by atoms with Crippen molar-refractivity contribution in [2.24, 2.45) is 0 Å². The first-order valence-corrected chi connectivity index (χ1v) is 5.07. The Morgan fingerprint density at radius 1 is 1.36 bits per heavy atom. The number of hydrogen-bond acceptors (Lipinski definition) is 1. The number of nitrogens with zero attached hydrogens (tertiary/aromatic N) is 1. The number of para-hydroxylation sites is 1. The molecule has 0 aliphatic rings. The summed E-state index contributed by atoms with van der Waals surface area (Å²) in [7, 11) is 2.10. The molecule has 1 aromatic rings. The Balaban J connectivity index is 2.99. The van der Waals surface area contributed by atoms with Crippen molar-refractivity contribution in [2.45, 2.75) is 19.8 Å². The van der Waals surface area contributed by atoms with Crippen LogP contribution in [-0.4, -0.2) is 13.6 Å². The molecule has 1 aromatic carbocycles. The fraction of sp³-hybridized carbons (Fsp3) is 0.385. The van der Waals surface area contributed by atoms with E-state index in [1.54, 1.807) is 0 Å². The highest BCUT2D eigenvalue weighted by atomic mass is 15.1. The van der Waals surface area contributed by atoms with E-state index in [1.165, 1.54) is 11.3 Å². The topological polar surface area (TPSA) is 3.24 Å². The lowest BCUT2D eigenvalue weighted by Crippen LogP contribution is -2.18. The quantitative estimate of drug-likeness (QED) is 0.656. The first-order valence-electron chi connectivity index (χ1n) is 5.07. The SMILES string of the molecule is C=CCN(C)c1ccccc1C(C)C. The Morgan fingerprint density at radius 3 is 2.57 bits per heavy atom. The van der Waals surface area contributed by atoms with E-state index in [0.717, 1.165) is 6.54 Å². The van der Waals surface area contributed by atoms with Gasteiger partial charge in [0.05, 0.1) is 0 Å². The van der Waals surface area contributed by atoms with Crippen molar-refractivity contribution in [1.82, 2.24) is 0 Å². The average molecular weight is 189 g/mol. The van der Waals surface area contributed by atoms with Gasteiger partial charge in [-0.3, -0.25) is 0 Å². The first-order chi connectivity index (χ1) is 6.66. The van der Waals surface area contributed by atoms with Crippen LogP contribution in [0.2, 0.25) is 0 Å². The maximum absolute atomic E-state index is 3.76. The molecule has 0 spiro atoms. The Labute approximate surface area is 87.1 Å². The molecule has 1 heteroatoms. The summed E-state index contributed by atoms with van der Waals surface area (Å²) < 4.78 is 0. The van der Waals surface area contributed by atoms with Crippen LogP contribution in [0.3, 0.4) is 0 Å². The molecule has 0 heterocycles. The summed E-state index contributed by atoms with van der Waals surface area (Å²) in [5.41, 5.74) is 2.71. The van der Waals surface area contributed by atoms with Crippen molar-refractivity contribution in [1.29, 1.82) is 0 Å². The Hall–Kier alpha value is -1.24. The molecule has 0 atom stereocenters. The molecular formula is C13H19N. The first kappa shape index (κ1) is 10.8. The normalized spacial score (nSPS) is 10.3. The van der Waals surface area contributed by atoms with E-state index in [2.05, 4.69) is 56.6 Å². The highest BCUT2D eigenvalue weighted by molar-refractivity contribution is 5.54. The van der Waals surface area contributed by atoms with Gasteiger partial charge in [0.1, 0.15) is 0 Å². The maximum atomic E-state index is 3.76. The van der Waals surface area contributed by atoms with Crippen molar-refractivity contribution in [2.75, 3.05) is 18.5 Å². The minimum atomic E-state index is 0.568. The van der Waals surface area contributed by atoms with Gasteiger partial charge in [-0.1, -0.05) is 38.1 Å². The predicted molar refractivity (Wildman–Crippen MR) is 64.0 cm³/mol. The van der Waals surface area contributed by atoms with Gasteiger partial charge in [0.25, 0.3) is 0 Å². The third-order valence-electron chi connectivity index (χ3n) is 2.37. The molecular weight excluding hydrogens is 170 g/mol. The van der Waals surface area contributed by atoms with E-state index in [0.29, 0.717) is 5.92 Å². The van der Waals surface area contributed by atoms with E-state index in [4.69, 9.17) is 0 Å². The van der Waals surface area contributed by atoms with Crippen LogP contribution >= 0.6 is 0 Å². The molecule has 0 amide bonds. The molecule has 0 aliphatic carbocycles. The summed E-state index contributed by atoms with van der Waals surface area (Å²) in [6.45, 7) is 9.10. The monoisotopic (exact) mass is 189 g/mol. The minimum Gasteiger partial charge on any atom is -0.371 e. The third-order valence-corrected chi connectivity index (χ3v) is 2.37. The number of rotatable bonds is 4. The van der Waals surface area contributed by atoms with Crippen molar-refractivity contribution in [3.63, 3.8) is 0 Å². The molecule has 0 saturated carbocycles. The van der Waals surface area contributed by atoms with Crippen LogP contribution in [-0.2, 0) is 0 Å². The summed E-state index contributed by atoms with van der Waals surface area (Å²) in [6.07, 6.45) is 1.93. The number of hydrogen-bond donors (Lipinski definition) is 0. The van der Waals surface area contributed by atoms with Crippen LogP contribution in [0, 0.1) is 0 Å². The molecule has 0 radical (unpaired) electrons. The van der Waals surface area contributed by atoms with Gasteiger partial charge in [0.15, 0.2) is 0 Å². The van der Waals surface area contributed by atoms with Gasteiger partial charge in [-0.15, -0.1) is 6.58 Å². The van der Waals surface area contributed by atoms with Crippen molar-refractivity contribution in [3.8, 4) is 0 Å². The molecule has 0 unspecified atom stereocenters. The van der Waals surface area contributed by atoms with Gasteiger partial charge < -0.3 is 4.90 Å². The molecule has 0 aliphatic heterocycles. The molecule has 0 fully saturated rings. The Bertz CT molecular complexity index is 302. The van der Waals surface area contributed by atoms with Crippen LogP contribution in [0.5, 0.6) is 0 Å².